The molecule has 0 bridgehead atoms. The van der Waals surface area contributed by atoms with Gasteiger partial charge in [-0.25, -0.2) is 9.78 Å². The van der Waals surface area contributed by atoms with E-state index in [2.05, 4.69) is 25.7 Å². The quantitative estimate of drug-likeness (QED) is 0.762. The molecule has 1 aromatic rings. The van der Waals surface area contributed by atoms with Gasteiger partial charge in [0.25, 0.3) is 0 Å². The Hall–Kier alpha value is -1.10. The topological polar surface area (TPSA) is 65.2 Å². The van der Waals surface area contributed by atoms with Gasteiger partial charge in [-0.3, -0.25) is 0 Å². The SMILES string of the molecule is COC(=O)c1cc(N)nc(C)c1Br. The van der Waals surface area contributed by atoms with Crippen LogP contribution in [0.15, 0.2) is 10.5 Å². The van der Waals surface area contributed by atoms with Crippen molar-refractivity contribution in [2.24, 2.45) is 0 Å². The summed E-state index contributed by atoms with van der Waals surface area (Å²) in [5, 5.41) is 0. The number of aryl methyl sites for hydroxylation is 1. The van der Waals surface area contributed by atoms with E-state index in [1.165, 1.54) is 13.2 Å². The van der Waals surface area contributed by atoms with Crippen molar-refractivity contribution in [2.45, 2.75) is 6.92 Å². The summed E-state index contributed by atoms with van der Waals surface area (Å²) < 4.78 is 5.19. The van der Waals surface area contributed by atoms with Crippen molar-refractivity contribution >= 4 is 27.7 Å². The highest BCUT2D eigenvalue weighted by molar-refractivity contribution is 9.10. The monoisotopic (exact) mass is 244 g/mol. The molecular formula is C8H9BrN2O2. The van der Waals surface area contributed by atoms with Gasteiger partial charge in [0, 0.05) is 0 Å². The number of aromatic nitrogens is 1. The van der Waals surface area contributed by atoms with E-state index in [0.717, 1.165) is 0 Å². The molecular weight excluding hydrogens is 236 g/mol. The zero-order valence-corrected chi connectivity index (χ0v) is 8.88. The normalized spacial score (nSPS) is 9.77. The van der Waals surface area contributed by atoms with E-state index in [4.69, 9.17) is 5.73 Å². The van der Waals surface area contributed by atoms with Crippen molar-refractivity contribution in [3.63, 3.8) is 0 Å². The second-order valence-corrected chi connectivity index (χ2v) is 3.28. The fraction of sp³-hybridized carbons (Fsp3) is 0.250. The van der Waals surface area contributed by atoms with E-state index >= 15 is 0 Å². The molecule has 70 valence electrons. The van der Waals surface area contributed by atoms with Crippen molar-refractivity contribution in [3.8, 4) is 0 Å². The Morgan fingerprint density at radius 3 is 2.85 bits per heavy atom. The number of nitrogen functional groups attached to an aromatic ring is 1. The van der Waals surface area contributed by atoms with Gasteiger partial charge < -0.3 is 10.5 Å². The number of nitrogens with zero attached hydrogens (tertiary/aromatic N) is 1. The molecule has 0 amide bonds. The largest absolute Gasteiger partial charge is 0.465 e. The predicted octanol–water partition coefficient (Wildman–Crippen LogP) is 1.52. The summed E-state index contributed by atoms with van der Waals surface area (Å²) in [6, 6.07) is 1.48. The van der Waals surface area contributed by atoms with Crippen LogP contribution in [-0.4, -0.2) is 18.1 Å². The number of nitrogens with two attached hydrogens (primary N) is 1. The Balaban J connectivity index is 3.28. The van der Waals surface area contributed by atoms with Gasteiger partial charge in [0.2, 0.25) is 0 Å². The fourth-order valence-electron chi connectivity index (χ4n) is 0.940. The maximum absolute atomic E-state index is 11.2. The summed E-state index contributed by atoms with van der Waals surface area (Å²) in [5.74, 6) is -0.120. The first-order valence-corrected chi connectivity index (χ1v) is 4.36. The number of hydrogen-bond acceptors (Lipinski definition) is 4. The molecule has 0 atom stereocenters. The Bertz CT molecular complexity index is 352. The number of pyridine rings is 1. The number of esters is 1. The molecule has 0 aromatic carbocycles. The van der Waals surface area contributed by atoms with E-state index in [0.29, 0.717) is 21.5 Å². The van der Waals surface area contributed by atoms with Gasteiger partial charge in [-0.05, 0) is 28.9 Å². The number of methoxy groups -OCH3 is 1. The van der Waals surface area contributed by atoms with Crippen molar-refractivity contribution in [2.75, 3.05) is 12.8 Å². The van der Waals surface area contributed by atoms with Crippen LogP contribution in [0.1, 0.15) is 16.1 Å². The second kappa shape index (κ2) is 3.74. The van der Waals surface area contributed by atoms with Crippen molar-refractivity contribution in [1.82, 2.24) is 4.98 Å². The number of carbonyl (C=O) groups is 1. The van der Waals surface area contributed by atoms with Crippen molar-refractivity contribution < 1.29 is 9.53 Å². The van der Waals surface area contributed by atoms with Crippen LogP contribution in [0.25, 0.3) is 0 Å². The molecule has 1 aromatic heterocycles. The molecule has 0 aliphatic carbocycles. The molecule has 0 aliphatic rings. The van der Waals surface area contributed by atoms with Crippen LogP contribution in [0.2, 0.25) is 0 Å². The first kappa shape index (κ1) is 9.98. The smallest absolute Gasteiger partial charge is 0.339 e. The lowest BCUT2D eigenvalue weighted by Gasteiger charge is -2.05. The predicted molar refractivity (Wildman–Crippen MR) is 52.4 cm³/mol. The third kappa shape index (κ3) is 1.98. The van der Waals surface area contributed by atoms with Gasteiger partial charge in [-0.1, -0.05) is 0 Å². The van der Waals surface area contributed by atoms with E-state index in [-0.39, 0.29) is 0 Å². The minimum absolute atomic E-state index is 0.307. The molecule has 1 heterocycles. The molecule has 4 nitrogen and oxygen atoms in total. The number of carbonyl (C=O) groups excluding carboxylic acids is 1. The lowest BCUT2D eigenvalue weighted by molar-refractivity contribution is 0.0599. The standard InChI is InChI=1S/C8H9BrN2O2/c1-4-7(9)5(8(12)13-2)3-6(10)11-4/h3H,1-2H3,(H2,10,11). The maximum atomic E-state index is 11.2. The molecule has 0 saturated carbocycles. The van der Waals surface area contributed by atoms with Crippen LogP contribution >= 0.6 is 15.9 Å². The van der Waals surface area contributed by atoms with E-state index < -0.39 is 5.97 Å². The summed E-state index contributed by atoms with van der Waals surface area (Å²) in [5.41, 5.74) is 6.54. The lowest BCUT2D eigenvalue weighted by Crippen LogP contribution is -2.06. The van der Waals surface area contributed by atoms with Crippen LogP contribution in [0.4, 0.5) is 5.82 Å². The molecule has 13 heavy (non-hydrogen) atoms. The van der Waals surface area contributed by atoms with Crippen LogP contribution in [-0.2, 0) is 4.74 Å². The highest BCUT2D eigenvalue weighted by atomic mass is 79.9. The third-order valence-corrected chi connectivity index (χ3v) is 2.55. The first-order valence-electron chi connectivity index (χ1n) is 3.57. The van der Waals surface area contributed by atoms with E-state index in [9.17, 15) is 4.79 Å². The Morgan fingerprint density at radius 2 is 2.31 bits per heavy atom. The highest BCUT2D eigenvalue weighted by Crippen LogP contribution is 2.22. The fourth-order valence-corrected chi connectivity index (χ4v) is 1.30. The zero-order valence-electron chi connectivity index (χ0n) is 7.30. The van der Waals surface area contributed by atoms with Crippen LogP contribution in [0, 0.1) is 6.92 Å². The number of hydrogen-bond donors (Lipinski definition) is 1. The molecule has 1 rings (SSSR count). The van der Waals surface area contributed by atoms with E-state index in [1.54, 1.807) is 6.92 Å². The van der Waals surface area contributed by atoms with Gasteiger partial charge in [0.1, 0.15) is 5.82 Å². The molecule has 0 aliphatic heterocycles. The van der Waals surface area contributed by atoms with E-state index in [1.807, 2.05) is 0 Å². The Kier molecular flexibility index (Phi) is 2.87. The summed E-state index contributed by atoms with van der Waals surface area (Å²) in [4.78, 5) is 15.2. The number of anilines is 1. The Labute approximate surface area is 84.2 Å². The average Bonchev–Trinajstić information content (AvgIpc) is 2.10. The van der Waals surface area contributed by atoms with Gasteiger partial charge in [0.05, 0.1) is 22.8 Å². The molecule has 0 spiro atoms. The summed E-state index contributed by atoms with van der Waals surface area (Å²) in [6.45, 7) is 1.76. The van der Waals surface area contributed by atoms with Crippen LogP contribution < -0.4 is 5.73 Å². The molecule has 5 heteroatoms. The minimum Gasteiger partial charge on any atom is -0.465 e. The zero-order chi connectivity index (χ0) is 10.0. The third-order valence-electron chi connectivity index (χ3n) is 1.55. The number of ether oxygens (including phenoxy) is 1. The van der Waals surface area contributed by atoms with Gasteiger partial charge in [0.15, 0.2) is 0 Å². The highest BCUT2D eigenvalue weighted by Gasteiger charge is 2.13. The van der Waals surface area contributed by atoms with Crippen LogP contribution in [0.3, 0.4) is 0 Å². The minimum atomic E-state index is -0.427. The molecule has 0 fully saturated rings. The number of rotatable bonds is 1. The molecule has 0 radical (unpaired) electrons. The van der Waals surface area contributed by atoms with Crippen molar-refractivity contribution in [1.29, 1.82) is 0 Å². The maximum Gasteiger partial charge on any atom is 0.339 e. The summed E-state index contributed by atoms with van der Waals surface area (Å²) in [6.07, 6.45) is 0. The summed E-state index contributed by atoms with van der Waals surface area (Å²) in [7, 11) is 1.32. The van der Waals surface area contributed by atoms with Gasteiger partial charge >= 0.3 is 5.97 Å². The van der Waals surface area contributed by atoms with Gasteiger partial charge in [-0.2, -0.15) is 0 Å². The molecule has 0 unspecified atom stereocenters. The molecule has 0 saturated heterocycles. The van der Waals surface area contributed by atoms with Crippen LogP contribution in [0.5, 0.6) is 0 Å². The van der Waals surface area contributed by atoms with Crippen molar-refractivity contribution in [3.05, 3.63) is 21.8 Å². The Morgan fingerprint density at radius 1 is 1.69 bits per heavy atom. The first-order chi connectivity index (χ1) is 6.06. The summed E-state index contributed by atoms with van der Waals surface area (Å²) >= 11 is 3.24. The van der Waals surface area contributed by atoms with Gasteiger partial charge in [-0.15, -0.1) is 0 Å². The number of halogens is 1. The second-order valence-electron chi connectivity index (χ2n) is 2.49. The average molecular weight is 245 g/mol. The lowest BCUT2D eigenvalue weighted by atomic mass is 10.2. The molecule has 2 N–H and O–H groups in total.